The Hall–Kier alpha value is -4.58. The molecule has 12 heteroatoms. The summed E-state index contributed by atoms with van der Waals surface area (Å²) in [6, 6.07) is 18.5. The van der Waals surface area contributed by atoms with E-state index in [4.69, 9.17) is 0 Å². The number of hydrogen-bond donors (Lipinski definition) is 2. The van der Waals surface area contributed by atoms with Crippen molar-refractivity contribution in [3.05, 3.63) is 83.6 Å². The monoisotopic (exact) mass is 564 g/mol. The van der Waals surface area contributed by atoms with Crippen LogP contribution in [0.5, 0.6) is 5.75 Å². The lowest BCUT2D eigenvalue weighted by Gasteiger charge is -2.10. The molecule has 0 atom stereocenters. The molecule has 2 N–H and O–H groups in total. The smallest absolute Gasteiger partial charge is 0.406 e. The summed E-state index contributed by atoms with van der Waals surface area (Å²) in [7, 11) is 1.77. The summed E-state index contributed by atoms with van der Waals surface area (Å²) in [5.74, 6) is -0.290. The first-order valence-corrected chi connectivity index (χ1v) is 12.8. The third kappa shape index (κ3) is 5.86. The van der Waals surface area contributed by atoms with Gasteiger partial charge in [0.1, 0.15) is 11.3 Å². The van der Waals surface area contributed by atoms with Gasteiger partial charge >= 0.3 is 12.4 Å². The molecule has 0 unspecified atom stereocenters. The maximum atomic E-state index is 12.5. The van der Waals surface area contributed by atoms with Crippen molar-refractivity contribution in [3.8, 4) is 17.0 Å². The number of anilines is 1. The first kappa shape index (κ1) is 27.0. The van der Waals surface area contributed by atoms with Crippen LogP contribution in [0.4, 0.5) is 23.7 Å². The minimum absolute atomic E-state index is 0.290. The third-order valence-electron chi connectivity index (χ3n) is 6.15. The lowest BCUT2D eigenvalue weighted by Crippen LogP contribution is -2.23. The Kier molecular flexibility index (Phi) is 7.35. The van der Waals surface area contributed by atoms with Crippen LogP contribution in [0.1, 0.15) is 16.8 Å². The molecule has 0 saturated heterocycles. The van der Waals surface area contributed by atoms with Gasteiger partial charge in [-0.3, -0.25) is 9.40 Å². The summed E-state index contributed by atoms with van der Waals surface area (Å²) in [5.41, 5.74) is 6.13. The number of ether oxygens (including phenoxy) is 1. The fourth-order valence-electron chi connectivity index (χ4n) is 4.40. The average molecular weight is 565 g/mol. The third-order valence-corrected chi connectivity index (χ3v) is 6.64. The van der Waals surface area contributed by atoms with Gasteiger partial charge in [-0.2, -0.15) is 5.10 Å². The summed E-state index contributed by atoms with van der Waals surface area (Å²) < 4.78 is 50.0. The molecule has 0 saturated carbocycles. The van der Waals surface area contributed by atoms with Gasteiger partial charge in [0.25, 0.3) is 0 Å². The number of hydrogen-bond acceptors (Lipinski definition) is 6. The highest BCUT2D eigenvalue weighted by molar-refractivity contribution is 7.96. The number of aromatic nitrogens is 3. The largest absolute Gasteiger partial charge is 0.573 e. The Balaban J connectivity index is 1.30. The molecule has 0 bridgehead atoms. The highest BCUT2D eigenvalue weighted by Crippen LogP contribution is 2.34. The van der Waals surface area contributed by atoms with E-state index in [0.717, 1.165) is 45.4 Å². The van der Waals surface area contributed by atoms with E-state index < -0.39 is 6.36 Å². The Morgan fingerprint density at radius 1 is 1.00 bits per heavy atom. The SMILES string of the molecule is Cc1cccc(C)c1NC(=O)NS/N=C/c1ccc2c(ccc3c(-c4ccc(OC(F)(F)F)cc4)n(C)nc32)n1. The van der Waals surface area contributed by atoms with Crippen molar-refractivity contribution >= 4 is 51.9 Å². The van der Waals surface area contributed by atoms with Gasteiger partial charge in [-0.25, -0.2) is 14.2 Å². The van der Waals surface area contributed by atoms with E-state index >= 15 is 0 Å². The lowest BCUT2D eigenvalue weighted by molar-refractivity contribution is -0.274. The molecule has 5 rings (SSSR count). The molecule has 204 valence electrons. The molecule has 0 aliphatic heterocycles. The summed E-state index contributed by atoms with van der Waals surface area (Å²) in [6.07, 6.45) is -3.21. The zero-order chi connectivity index (χ0) is 28.4. The van der Waals surface area contributed by atoms with E-state index in [1.54, 1.807) is 36.1 Å². The fourth-order valence-corrected chi connectivity index (χ4v) is 4.75. The van der Waals surface area contributed by atoms with E-state index in [2.05, 4.69) is 29.3 Å². The number of carbonyl (C=O) groups excluding carboxylic acids is 1. The number of urea groups is 1. The molecule has 40 heavy (non-hydrogen) atoms. The van der Waals surface area contributed by atoms with Gasteiger partial charge in [0.05, 0.1) is 35.3 Å². The lowest BCUT2D eigenvalue weighted by atomic mass is 10.0. The van der Waals surface area contributed by atoms with Crippen LogP contribution in [-0.4, -0.2) is 33.4 Å². The number of amides is 2. The molecule has 0 spiro atoms. The molecule has 0 aliphatic rings. The van der Waals surface area contributed by atoms with Gasteiger partial charge < -0.3 is 10.1 Å². The topological polar surface area (TPSA) is 93.4 Å². The molecule has 8 nitrogen and oxygen atoms in total. The number of fused-ring (bicyclic) bond motifs is 3. The van der Waals surface area contributed by atoms with Crippen molar-refractivity contribution in [2.24, 2.45) is 11.4 Å². The van der Waals surface area contributed by atoms with Crippen LogP contribution in [0, 0.1) is 13.8 Å². The summed E-state index contributed by atoms with van der Waals surface area (Å²) in [6.45, 7) is 3.85. The van der Waals surface area contributed by atoms with Gasteiger partial charge in [0, 0.05) is 29.1 Å². The predicted molar refractivity (Wildman–Crippen MR) is 151 cm³/mol. The van der Waals surface area contributed by atoms with Gasteiger partial charge in [-0.1, -0.05) is 18.2 Å². The Morgan fingerprint density at radius 3 is 2.40 bits per heavy atom. The predicted octanol–water partition coefficient (Wildman–Crippen LogP) is 7.11. The van der Waals surface area contributed by atoms with E-state index in [1.807, 2.05) is 50.2 Å². The zero-order valence-corrected chi connectivity index (χ0v) is 22.4. The van der Waals surface area contributed by atoms with Crippen LogP contribution in [0.25, 0.3) is 33.1 Å². The summed E-state index contributed by atoms with van der Waals surface area (Å²) in [5, 5.41) is 9.11. The molecule has 0 aliphatic carbocycles. The van der Waals surface area contributed by atoms with Crippen LogP contribution < -0.4 is 14.8 Å². The number of nitrogens with one attached hydrogen (secondary N) is 2. The minimum Gasteiger partial charge on any atom is -0.406 e. The quantitative estimate of drug-likeness (QED) is 0.169. The van der Waals surface area contributed by atoms with E-state index in [0.29, 0.717) is 22.3 Å². The number of alkyl halides is 3. The maximum absolute atomic E-state index is 12.5. The van der Waals surface area contributed by atoms with E-state index in [1.165, 1.54) is 12.1 Å². The van der Waals surface area contributed by atoms with Gasteiger partial charge in [0.2, 0.25) is 0 Å². The Labute approximate surface area is 231 Å². The summed E-state index contributed by atoms with van der Waals surface area (Å²) in [4.78, 5) is 16.9. The van der Waals surface area contributed by atoms with Crippen LogP contribution in [0.2, 0.25) is 0 Å². The molecular formula is C28H23F3N6O2S. The number of halogens is 3. The van der Waals surface area contributed by atoms with Crippen molar-refractivity contribution in [1.29, 1.82) is 0 Å². The zero-order valence-electron chi connectivity index (χ0n) is 21.6. The normalized spacial score (nSPS) is 11.8. The van der Waals surface area contributed by atoms with Crippen LogP contribution in [0.15, 0.2) is 71.1 Å². The number of rotatable bonds is 6. The average Bonchev–Trinajstić information content (AvgIpc) is 3.24. The molecule has 0 radical (unpaired) electrons. The van der Waals surface area contributed by atoms with Gasteiger partial charge in [-0.05, 0) is 73.5 Å². The first-order valence-electron chi connectivity index (χ1n) is 12.0. The van der Waals surface area contributed by atoms with E-state index in [9.17, 15) is 18.0 Å². The molecule has 3 aromatic carbocycles. The van der Waals surface area contributed by atoms with Gasteiger partial charge in [0.15, 0.2) is 0 Å². The van der Waals surface area contributed by atoms with Crippen molar-refractivity contribution in [3.63, 3.8) is 0 Å². The molecule has 5 aromatic rings. The maximum Gasteiger partial charge on any atom is 0.573 e. The van der Waals surface area contributed by atoms with Crippen LogP contribution >= 0.6 is 12.1 Å². The number of aryl methyl sites for hydroxylation is 3. The second-order valence-corrected chi connectivity index (χ2v) is 9.56. The minimum atomic E-state index is -4.75. The standard InChI is InChI=1S/C28H23F3N6O2S/c1-16-5-4-6-17(2)24(16)34-27(38)36-40-32-15-19-9-12-21-23(33-19)14-13-22-25(21)35-37(3)26(22)18-7-10-20(11-8-18)39-28(29,30)31/h4-15H,1-3H3,(H2,34,36,38)/b32-15+. The van der Waals surface area contributed by atoms with Crippen LogP contribution in [-0.2, 0) is 7.05 Å². The number of para-hydroxylation sites is 1. The molecule has 0 fully saturated rings. The van der Waals surface area contributed by atoms with E-state index in [-0.39, 0.29) is 11.8 Å². The second kappa shape index (κ2) is 10.9. The molecule has 2 aromatic heterocycles. The highest BCUT2D eigenvalue weighted by atomic mass is 32.2. The number of pyridine rings is 1. The summed E-state index contributed by atoms with van der Waals surface area (Å²) >= 11 is 0.882. The fraction of sp³-hybridized carbons (Fsp3) is 0.143. The van der Waals surface area contributed by atoms with Crippen molar-refractivity contribution < 1.29 is 22.7 Å². The molecular weight excluding hydrogens is 541 g/mol. The van der Waals surface area contributed by atoms with Crippen molar-refractivity contribution in [1.82, 2.24) is 19.5 Å². The van der Waals surface area contributed by atoms with Crippen molar-refractivity contribution in [2.75, 3.05) is 5.32 Å². The van der Waals surface area contributed by atoms with Crippen LogP contribution in [0.3, 0.4) is 0 Å². The molecule has 2 amide bonds. The second-order valence-electron chi connectivity index (χ2n) is 8.96. The Bertz CT molecular complexity index is 1730. The highest BCUT2D eigenvalue weighted by Gasteiger charge is 2.31. The Morgan fingerprint density at radius 2 is 1.70 bits per heavy atom. The molecule has 2 heterocycles. The number of carbonyl (C=O) groups is 1. The first-order chi connectivity index (χ1) is 19.1. The number of nitrogens with zero attached hydrogens (tertiary/aromatic N) is 4. The number of benzene rings is 3. The van der Waals surface area contributed by atoms with Crippen molar-refractivity contribution in [2.45, 2.75) is 20.2 Å². The van der Waals surface area contributed by atoms with Gasteiger partial charge in [-0.15, -0.1) is 13.2 Å².